The molecule has 4 heteroatoms. The minimum absolute atomic E-state index is 0.476. The molecular formula is C27H37IN2P+. The maximum Gasteiger partial charge on any atom is 0.294 e. The van der Waals surface area contributed by atoms with Crippen molar-refractivity contribution in [3.8, 4) is 11.4 Å². The molecule has 0 aliphatic carbocycles. The summed E-state index contributed by atoms with van der Waals surface area (Å²) in [5, 5.41) is 0. The Morgan fingerprint density at radius 1 is 0.710 bits per heavy atom. The Labute approximate surface area is 203 Å². The Morgan fingerprint density at radius 3 is 1.52 bits per heavy atom. The average Bonchev–Trinajstić information content (AvgIpc) is 3.15. The first-order valence-corrected chi connectivity index (χ1v) is 15.6. The van der Waals surface area contributed by atoms with E-state index in [9.17, 15) is 0 Å². The molecule has 0 amide bonds. The Bertz CT molecular complexity index is 914. The van der Waals surface area contributed by atoms with Gasteiger partial charge in [0, 0.05) is 22.3 Å². The summed E-state index contributed by atoms with van der Waals surface area (Å²) in [5.74, 6) is 1.90. The molecule has 1 unspecified atom stereocenters. The van der Waals surface area contributed by atoms with Crippen molar-refractivity contribution in [2.45, 2.75) is 79.1 Å². The van der Waals surface area contributed by atoms with Crippen LogP contribution >= 0.6 is 28.3 Å². The van der Waals surface area contributed by atoms with Gasteiger partial charge in [0.15, 0.2) is 0 Å². The number of aromatic nitrogens is 2. The van der Waals surface area contributed by atoms with Crippen molar-refractivity contribution in [2.24, 2.45) is 0 Å². The molecule has 1 heterocycles. The molecule has 166 valence electrons. The normalized spacial score (nSPS) is 12.4. The van der Waals surface area contributed by atoms with E-state index in [1.54, 1.807) is 0 Å². The van der Waals surface area contributed by atoms with E-state index in [4.69, 9.17) is 0 Å². The van der Waals surface area contributed by atoms with Crippen molar-refractivity contribution in [3.05, 3.63) is 71.0 Å². The Balaban J connectivity index is 2.36. The highest BCUT2D eigenvalue weighted by Gasteiger charge is 2.29. The van der Waals surface area contributed by atoms with Gasteiger partial charge in [-0.05, 0) is 45.7 Å². The third-order valence-electron chi connectivity index (χ3n) is 6.07. The summed E-state index contributed by atoms with van der Waals surface area (Å²) in [6.45, 7) is 18.4. The molecule has 1 atom stereocenters. The first-order chi connectivity index (χ1) is 14.7. The number of imidazole rings is 1. The van der Waals surface area contributed by atoms with Crippen LogP contribution in [0.2, 0.25) is 0 Å². The van der Waals surface area contributed by atoms with E-state index in [0.29, 0.717) is 29.9 Å². The van der Waals surface area contributed by atoms with Gasteiger partial charge in [0.05, 0.1) is 6.22 Å². The molecule has 0 bridgehead atoms. The van der Waals surface area contributed by atoms with Gasteiger partial charge in [-0.25, -0.2) is 0 Å². The molecule has 1 aromatic heterocycles. The minimum Gasteiger partial charge on any atom is -0.195 e. The zero-order valence-corrected chi connectivity index (χ0v) is 23.4. The fourth-order valence-corrected chi connectivity index (χ4v) is 6.54. The molecule has 0 fully saturated rings. The summed E-state index contributed by atoms with van der Waals surface area (Å²) in [6, 6.07) is 13.7. The van der Waals surface area contributed by atoms with Crippen LogP contribution in [0.1, 0.15) is 101 Å². The second kappa shape index (κ2) is 10.2. The topological polar surface area (TPSA) is 8.81 Å². The lowest BCUT2D eigenvalue weighted by Gasteiger charge is -2.19. The quantitative estimate of drug-likeness (QED) is 0.162. The number of hydrogen-bond donors (Lipinski definition) is 0. The highest BCUT2D eigenvalue weighted by molar-refractivity contribution is 14.2. The highest BCUT2D eigenvalue weighted by Crippen LogP contribution is 2.34. The third kappa shape index (κ3) is 4.78. The molecule has 3 rings (SSSR count). The van der Waals surface area contributed by atoms with Crippen molar-refractivity contribution in [1.82, 2.24) is 4.57 Å². The fraction of sp³-hybridized carbons (Fsp3) is 0.444. The van der Waals surface area contributed by atoms with Crippen LogP contribution < -0.4 is 10.1 Å². The van der Waals surface area contributed by atoms with Crippen LogP contribution in [0.5, 0.6) is 0 Å². The second-order valence-electron chi connectivity index (χ2n) is 9.65. The molecule has 0 saturated carbocycles. The Morgan fingerprint density at radius 2 is 1.13 bits per heavy atom. The standard InChI is InChI=1S/C27H37IN2P/c1-17(2)21-11-9-12-22(18(3)4)25(21)29-15-16-30(27(29)31-28)26-23(19(5)6)13-10-14-24(26)20(7)8/h9-20,31H,1-8H3/q+1. The first-order valence-electron chi connectivity index (χ1n) is 11.4. The van der Waals surface area contributed by atoms with Crippen molar-refractivity contribution in [3.63, 3.8) is 0 Å². The van der Waals surface area contributed by atoms with Crippen LogP contribution in [0.4, 0.5) is 0 Å². The number of nitrogens with zero attached hydrogens (tertiary/aromatic N) is 2. The molecule has 0 spiro atoms. The number of rotatable bonds is 7. The molecular weight excluding hydrogens is 510 g/mol. The van der Waals surface area contributed by atoms with E-state index < -0.39 is 0 Å². The minimum atomic E-state index is 0.476. The second-order valence-corrected chi connectivity index (χ2v) is 11.9. The lowest BCUT2D eigenvalue weighted by molar-refractivity contribution is -0.575. The molecule has 0 aliphatic heterocycles. The van der Waals surface area contributed by atoms with E-state index in [-0.39, 0.29) is 0 Å². The van der Waals surface area contributed by atoms with Crippen LogP contribution in [0, 0.1) is 0 Å². The van der Waals surface area contributed by atoms with Gasteiger partial charge in [0.1, 0.15) is 23.8 Å². The third-order valence-corrected chi connectivity index (χ3v) is 8.17. The van der Waals surface area contributed by atoms with Gasteiger partial charge in [-0.3, -0.25) is 0 Å². The monoisotopic (exact) mass is 547 g/mol. The largest absolute Gasteiger partial charge is 0.294 e. The summed E-state index contributed by atoms with van der Waals surface area (Å²) in [4.78, 5) is 0. The molecule has 3 aromatic rings. The highest BCUT2D eigenvalue weighted by atomic mass is 127. The molecule has 0 aliphatic rings. The number of halogens is 1. The van der Waals surface area contributed by atoms with Gasteiger partial charge >= 0.3 is 0 Å². The maximum atomic E-state index is 2.56. The summed E-state index contributed by atoms with van der Waals surface area (Å²) in [7, 11) is 0. The van der Waals surface area contributed by atoms with Gasteiger partial charge in [-0.2, -0.15) is 9.13 Å². The van der Waals surface area contributed by atoms with Crippen molar-refractivity contribution >= 4 is 33.8 Å². The maximum absolute atomic E-state index is 2.56. The molecule has 31 heavy (non-hydrogen) atoms. The Kier molecular flexibility index (Phi) is 8.02. The molecule has 0 radical (unpaired) electrons. The molecule has 0 N–H and O–H groups in total. The van der Waals surface area contributed by atoms with E-state index in [1.807, 2.05) is 0 Å². The lowest BCUT2D eigenvalue weighted by atomic mass is 9.92. The summed E-state index contributed by atoms with van der Waals surface area (Å²) in [6.07, 6.45) is 5.23. The van der Waals surface area contributed by atoms with Crippen LogP contribution in [0.25, 0.3) is 11.4 Å². The summed E-state index contributed by atoms with van der Waals surface area (Å²) in [5.41, 5.74) is 9.79. The van der Waals surface area contributed by atoms with Crippen LogP contribution in [0.15, 0.2) is 48.8 Å². The zero-order valence-electron chi connectivity index (χ0n) is 20.2. The molecule has 2 nitrogen and oxygen atoms in total. The van der Waals surface area contributed by atoms with Gasteiger partial charge in [0.25, 0.3) is 5.57 Å². The van der Waals surface area contributed by atoms with Gasteiger partial charge in [-0.1, -0.05) is 91.8 Å². The van der Waals surface area contributed by atoms with Crippen LogP contribution in [0.3, 0.4) is 0 Å². The lowest BCUT2D eigenvalue weighted by Crippen LogP contribution is -2.46. The van der Waals surface area contributed by atoms with Crippen LogP contribution in [-0.2, 0) is 0 Å². The number of benzene rings is 2. The van der Waals surface area contributed by atoms with Gasteiger partial charge in [-0.15, -0.1) is 0 Å². The van der Waals surface area contributed by atoms with Gasteiger partial charge in [0.2, 0.25) is 0 Å². The summed E-state index contributed by atoms with van der Waals surface area (Å²) >= 11 is 2.56. The average molecular weight is 547 g/mol. The molecule has 0 saturated heterocycles. The van der Waals surface area contributed by atoms with Crippen LogP contribution in [-0.4, -0.2) is 4.57 Å². The molecule has 2 aromatic carbocycles. The number of para-hydroxylation sites is 2. The fourth-order valence-electron chi connectivity index (χ4n) is 4.42. The van der Waals surface area contributed by atoms with Crippen molar-refractivity contribution in [2.75, 3.05) is 0 Å². The van der Waals surface area contributed by atoms with E-state index >= 15 is 0 Å². The van der Waals surface area contributed by atoms with E-state index in [2.05, 4.69) is 135 Å². The van der Waals surface area contributed by atoms with Crippen molar-refractivity contribution in [1.29, 1.82) is 0 Å². The van der Waals surface area contributed by atoms with E-state index in [0.717, 1.165) is 0 Å². The zero-order chi connectivity index (χ0) is 22.9. The van der Waals surface area contributed by atoms with E-state index in [1.165, 1.54) is 39.2 Å². The Hall–Kier alpha value is -1.19. The predicted molar refractivity (Wildman–Crippen MR) is 146 cm³/mol. The van der Waals surface area contributed by atoms with Gasteiger partial charge < -0.3 is 0 Å². The SMILES string of the molecule is CC(C)c1cccc(C(C)C)c1-n1cc[n+](-c2c(C(C)C)cccc2C(C)C)c1PI. The number of hydrogen-bond acceptors (Lipinski definition) is 0. The smallest absolute Gasteiger partial charge is 0.195 e. The van der Waals surface area contributed by atoms with Crippen molar-refractivity contribution < 1.29 is 4.57 Å². The predicted octanol–water partition coefficient (Wildman–Crippen LogP) is 7.90. The summed E-state index contributed by atoms with van der Waals surface area (Å²) < 4.78 is 4.94. The first kappa shape index (κ1) is 24.5.